The van der Waals surface area contributed by atoms with Crippen LogP contribution in [0.25, 0.3) is 0 Å². The Hall–Kier alpha value is -3.32. The quantitative estimate of drug-likeness (QED) is 0.287. The molecule has 2 aromatic heterocycles. The monoisotopic (exact) mass is 586 g/mol. The normalized spacial score (nSPS) is 19.4. The number of carbonyl (C=O) groups excluding carboxylic acids is 1. The van der Waals surface area contributed by atoms with Crippen LogP contribution in [-0.4, -0.2) is 69.4 Å². The summed E-state index contributed by atoms with van der Waals surface area (Å²) in [6.07, 6.45) is -0.124. The third-order valence-corrected chi connectivity index (χ3v) is 9.02. The molecule has 0 bridgehead atoms. The molecule has 3 aliphatic rings. The Morgan fingerprint density at radius 2 is 1.73 bits per heavy atom. The number of anilines is 4. The fourth-order valence-electron chi connectivity index (χ4n) is 5.59. The van der Waals surface area contributed by atoms with E-state index in [0.29, 0.717) is 28.5 Å². The van der Waals surface area contributed by atoms with Crippen LogP contribution in [0, 0.1) is 12.3 Å². The van der Waals surface area contributed by atoms with Gasteiger partial charge in [0.25, 0.3) is 0 Å². The highest BCUT2D eigenvalue weighted by Gasteiger charge is 2.68. The predicted molar refractivity (Wildman–Crippen MR) is 152 cm³/mol. The van der Waals surface area contributed by atoms with E-state index in [1.54, 1.807) is 24.3 Å². The van der Waals surface area contributed by atoms with Crippen LogP contribution in [0.4, 0.5) is 36.3 Å². The molecule has 41 heavy (non-hydrogen) atoms. The number of aromatic nitrogens is 4. The molecule has 1 aromatic carbocycles. The van der Waals surface area contributed by atoms with Gasteiger partial charge in [-0.15, -0.1) is 0 Å². The van der Waals surface area contributed by atoms with Crippen molar-refractivity contribution in [3.63, 3.8) is 0 Å². The molecule has 1 amide bonds. The molecule has 3 N–H and O–H groups in total. The lowest BCUT2D eigenvalue weighted by Gasteiger charge is -2.37. The van der Waals surface area contributed by atoms with Gasteiger partial charge < -0.3 is 20.4 Å². The number of hydrogen-bond acceptors (Lipinski definition) is 8. The summed E-state index contributed by atoms with van der Waals surface area (Å²) >= 11 is 1.35. The van der Waals surface area contributed by atoms with Crippen LogP contribution in [-0.2, 0) is 4.79 Å². The number of nitrogens with zero attached hydrogens (tertiary/aromatic N) is 5. The maximum Gasteiger partial charge on any atom is 0.403 e. The van der Waals surface area contributed by atoms with Gasteiger partial charge in [0.2, 0.25) is 5.91 Å². The second-order valence-corrected chi connectivity index (χ2v) is 12.1. The standard InChI is InChI=1S/C28H33F3N8OS/c1-18-16-23(37-36-18)33-22-17-24(39-14-8-20(9-15-39)38-12-2-3-13-38)35-26(34-22)41-21-6-4-19(5-7-21)32-25(40)27(10-11-27)28(29,30)31/h4-7,16-17,20H,2-3,8-15H2,1H3,(H,32,40)(H2,33,34,35,36,37). The molecular formula is C28H33F3N8OS. The lowest BCUT2D eigenvalue weighted by Crippen LogP contribution is -2.44. The van der Waals surface area contributed by atoms with E-state index in [-0.39, 0.29) is 12.8 Å². The molecule has 0 spiro atoms. The van der Waals surface area contributed by atoms with E-state index in [4.69, 9.17) is 9.97 Å². The number of alkyl halides is 3. The molecule has 13 heteroatoms. The SMILES string of the molecule is Cc1cc(Nc2cc(N3CCC(N4CCCC4)CC3)nc(Sc3ccc(NC(=O)C4(C(F)(F)F)CC4)cc3)n2)n[nH]1. The van der Waals surface area contributed by atoms with E-state index in [1.165, 1.54) is 37.7 Å². The zero-order valence-corrected chi connectivity index (χ0v) is 23.6. The van der Waals surface area contributed by atoms with Crippen LogP contribution in [0.5, 0.6) is 0 Å². The Bertz CT molecular complexity index is 1380. The Kier molecular flexibility index (Phi) is 7.58. The Labute approximate surface area is 240 Å². The van der Waals surface area contributed by atoms with Crippen LogP contribution >= 0.6 is 11.8 Å². The molecule has 0 unspecified atom stereocenters. The molecule has 3 fully saturated rings. The Morgan fingerprint density at radius 1 is 1.02 bits per heavy atom. The first-order chi connectivity index (χ1) is 19.7. The van der Waals surface area contributed by atoms with Gasteiger partial charge in [0, 0.05) is 47.5 Å². The van der Waals surface area contributed by atoms with Crippen LogP contribution < -0.4 is 15.5 Å². The first-order valence-corrected chi connectivity index (χ1v) is 14.8. The molecular weight excluding hydrogens is 553 g/mol. The van der Waals surface area contributed by atoms with E-state index >= 15 is 0 Å². The number of nitrogens with one attached hydrogen (secondary N) is 3. The van der Waals surface area contributed by atoms with Crippen molar-refractivity contribution in [1.29, 1.82) is 0 Å². The molecule has 1 aliphatic carbocycles. The van der Waals surface area contributed by atoms with Crippen LogP contribution in [0.3, 0.4) is 0 Å². The van der Waals surface area contributed by atoms with Crippen molar-refractivity contribution in [2.45, 2.75) is 67.7 Å². The number of likely N-dealkylation sites (tertiary alicyclic amines) is 1. The molecule has 2 aliphatic heterocycles. The maximum absolute atomic E-state index is 13.3. The van der Waals surface area contributed by atoms with Crippen molar-refractivity contribution in [2.24, 2.45) is 5.41 Å². The average molecular weight is 587 g/mol. The summed E-state index contributed by atoms with van der Waals surface area (Å²) in [6.45, 7) is 6.15. The van der Waals surface area contributed by atoms with Gasteiger partial charge >= 0.3 is 6.18 Å². The topological polar surface area (TPSA) is 102 Å². The third kappa shape index (κ3) is 6.15. The van der Waals surface area contributed by atoms with E-state index in [2.05, 4.69) is 30.6 Å². The summed E-state index contributed by atoms with van der Waals surface area (Å²) in [7, 11) is 0. The number of aromatic amines is 1. The maximum atomic E-state index is 13.3. The summed E-state index contributed by atoms with van der Waals surface area (Å²) < 4.78 is 39.9. The summed E-state index contributed by atoms with van der Waals surface area (Å²) in [5.74, 6) is 1.11. The van der Waals surface area contributed by atoms with Gasteiger partial charge in [-0.2, -0.15) is 18.3 Å². The highest BCUT2D eigenvalue weighted by Crippen LogP contribution is 2.58. The molecule has 4 heterocycles. The van der Waals surface area contributed by atoms with Gasteiger partial charge in [-0.1, -0.05) is 0 Å². The number of carbonyl (C=O) groups is 1. The molecule has 3 aromatic rings. The molecule has 1 saturated carbocycles. The molecule has 2 saturated heterocycles. The first-order valence-electron chi connectivity index (χ1n) is 14.0. The number of rotatable bonds is 8. The Balaban J connectivity index is 1.17. The molecule has 9 nitrogen and oxygen atoms in total. The molecule has 0 radical (unpaired) electrons. The first kappa shape index (κ1) is 27.8. The number of hydrogen-bond donors (Lipinski definition) is 3. The van der Waals surface area contributed by atoms with Crippen LogP contribution in [0.15, 0.2) is 46.5 Å². The smallest absolute Gasteiger partial charge is 0.356 e. The second kappa shape index (κ2) is 11.2. The lowest BCUT2D eigenvalue weighted by atomic mass is 10.0. The second-order valence-electron chi connectivity index (χ2n) is 11.1. The number of amides is 1. The van der Waals surface area contributed by atoms with Crippen molar-refractivity contribution in [1.82, 2.24) is 25.1 Å². The zero-order chi connectivity index (χ0) is 28.6. The van der Waals surface area contributed by atoms with Gasteiger partial charge in [-0.3, -0.25) is 9.89 Å². The van der Waals surface area contributed by atoms with Crippen molar-refractivity contribution >= 4 is 40.8 Å². The van der Waals surface area contributed by atoms with E-state index in [9.17, 15) is 18.0 Å². The van der Waals surface area contributed by atoms with Crippen molar-refractivity contribution in [3.05, 3.63) is 42.1 Å². The van der Waals surface area contributed by atoms with Crippen LogP contribution in [0.1, 0.15) is 44.2 Å². The van der Waals surface area contributed by atoms with E-state index < -0.39 is 17.5 Å². The van der Waals surface area contributed by atoms with Crippen molar-refractivity contribution in [3.8, 4) is 0 Å². The minimum atomic E-state index is -4.54. The number of halogens is 3. The Morgan fingerprint density at radius 3 is 2.34 bits per heavy atom. The fraction of sp³-hybridized carbons (Fsp3) is 0.500. The number of H-pyrrole nitrogens is 1. The average Bonchev–Trinajstić information content (AvgIpc) is 3.42. The van der Waals surface area contributed by atoms with Gasteiger partial charge in [0.05, 0.1) is 0 Å². The van der Waals surface area contributed by atoms with E-state index in [0.717, 1.165) is 42.3 Å². The lowest BCUT2D eigenvalue weighted by molar-refractivity contribution is -0.189. The van der Waals surface area contributed by atoms with Gasteiger partial charge in [-0.25, -0.2) is 9.97 Å². The summed E-state index contributed by atoms with van der Waals surface area (Å²) in [5, 5.41) is 13.4. The predicted octanol–water partition coefficient (Wildman–Crippen LogP) is 5.75. The fourth-order valence-corrected chi connectivity index (χ4v) is 6.36. The third-order valence-electron chi connectivity index (χ3n) is 8.15. The van der Waals surface area contributed by atoms with E-state index in [1.807, 2.05) is 19.1 Å². The summed E-state index contributed by atoms with van der Waals surface area (Å²) in [4.78, 5) is 27.6. The molecule has 218 valence electrons. The summed E-state index contributed by atoms with van der Waals surface area (Å²) in [6, 6.07) is 11.2. The minimum absolute atomic E-state index is 0.173. The van der Waals surface area contributed by atoms with Gasteiger partial charge in [-0.05, 0) is 94.6 Å². The summed E-state index contributed by atoms with van der Waals surface area (Å²) in [5.41, 5.74) is -1.01. The van der Waals surface area contributed by atoms with Crippen molar-refractivity contribution in [2.75, 3.05) is 41.7 Å². The number of piperidine rings is 1. The van der Waals surface area contributed by atoms with Gasteiger partial charge in [0.15, 0.2) is 11.0 Å². The van der Waals surface area contributed by atoms with Crippen molar-refractivity contribution < 1.29 is 18.0 Å². The largest absolute Gasteiger partial charge is 0.403 e. The zero-order valence-electron chi connectivity index (χ0n) is 22.8. The van der Waals surface area contributed by atoms with Crippen LogP contribution in [0.2, 0.25) is 0 Å². The van der Waals surface area contributed by atoms with Gasteiger partial charge in [0.1, 0.15) is 17.1 Å². The molecule has 6 rings (SSSR count). The highest BCUT2D eigenvalue weighted by molar-refractivity contribution is 7.99. The number of benzene rings is 1. The minimum Gasteiger partial charge on any atom is -0.356 e. The molecule has 0 atom stereocenters. The highest BCUT2D eigenvalue weighted by atomic mass is 32.2. The number of aryl methyl sites for hydroxylation is 1.